The molecule has 1 aliphatic rings. The fourth-order valence-electron chi connectivity index (χ4n) is 3.38. The van der Waals surface area contributed by atoms with Crippen LogP contribution in [0.2, 0.25) is 0 Å². The van der Waals surface area contributed by atoms with Crippen LogP contribution in [0.1, 0.15) is 35.6 Å². The molecule has 0 saturated heterocycles. The van der Waals surface area contributed by atoms with Crippen molar-refractivity contribution in [3.63, 3.8) is 0 Å². The van der Waals surface area contributed by atoms with E-state index in [1.54, 1.807) is 6.07 Å². The van der Waals surface area contributed by atoms with Gasteiger partial charge in [0.1, 0.15) is 5.70 Å². The van der Waals surface area contributed by atoms with Crippen molar-refractivity contribution >= 4 is 23.1 Å². The number of hydrogen-bond donors (Lipinski definition) is 1. The minimum atomic E-state index is -4.51. The molecule has 0 radical (unpaired) electrons. The summed E-state index contributed by atoms with van der Waals surface area (Å²) in [4.78, 5) is 27.0. The molecular formula is C22H21F3N2O2. The van der Waals surface area contributed by atoms with E-state index in [2.05, 4.69) is 5.32 Å². The standard InChI is InChI=1S/C22H21F3N2O2/c1-4-10-27-20(28)18(17-9-8-13(2)11-14(17)3)19(21(27)29)26-16-7-5-6-15(12-16)22(23,24)25/h5-9,11-12,26H,4,10H2,1-3H3. The number of hydrogen-bond acceptors (Lipinski definition) is 3. The van der Waals surface area contributed by atoms with E-state index in [9.17, 15) is 22.8 Å². The van der Waals surface area contributed by atoms with Gasteiger partial charge in [0.05, 0.1) is 11.1 Å². The van der Waals surface area contributed by atoms with Gasteiger partial charge < -0.3 is 5.32 Å². The lowest BCUT2D eigenvalue weighted by molar-refractivity contribution is -0.138. The molecule has 0 spiro atoms. The van der Waals surface area contributed by atoms with E-state index in [-0.39, 0.29) is 23.5 Å². The van der Waals surface area contributed by atoms with E-state index in [0.717, 1.165) is 28.2 Å². The van der Waals surface area contributed by atoms with E-state index in [1.807, 2.05) is 32.9 Å². The first kappa shape index (κ1) is 20.6. The summed E-state index contributed by atoms with van der Waals surface area (Å²) >= 11 is 0. The first-order chi connectivity index (χ1) is 13.6. The molecule has 0 saturated carbocycles. The molecule has 2 aromatic rings. The molecular weight excluding hydrogens is 381 g/mol. The molecule has 1 aliphatic heterocycles. The Kier molecular flexibility index (Phi) is 5.50. The molecule has 0 aromatic heterocycles. The van der Waals surface area contributed by atoms with Gasteiger partial charge in [-0.05, 0) is 49.6 Å². The molecule has 1 heterocycles. The Balaban J connectivity index is 2.11. The van der Waals surface area contributed by atoms with Crippen LogP contribution in [0, 0.1) is 13.8 Å². The van der Waals surface area contributed by atoms with Crippen LogP contribution in [-0.4, -0.2) is 23.3 Å². The molecule has 29 heavy (non-hydrogen) atoms. The number of alkyl halides is 3. The monoisotopic (exact) mass is 402 g/mol. The van der Waals surface area contributed by atoms with Gasteiger partial charge in [-0.3, -0.25) is 14.5 Å². The van der Waals surface area contributed by atoms with Crippen LogP contribution >= 0.6 is 0 Å². The third-order valence-electron chi connectivity index (χ3n) is 4.73. The molecule has 2 aromatic carbocycles. The zero-order valence-electron chi connectivity index (χ0n) is 16.4. The van der Waals surface area contributed by atoms with E-state index < -0.39 is 23.6 Å². The molecule has 3 rings (SSSR count). The maximum absolute atomic E-state index is 13.0. The Morgan fingerprint density at radius 3 is 2.34 bits per heavy atom. The lowest BCUT2D eigenvalue weighted by atomic mass is 9.97. The lowest BCUT2D eigenvalue weighted by Gasteiger charge is -2.14. The van der Waals surface area contributed by atoms with Crippen LogP contribution in [0.4, 0.5) is 18.9 Å². The number of benzene rings is 2. The number of carbonyl (C=O) groups excluding carboxylic acids is 2. The van der Waals surface area contributed by atoms with Gasteiger partial charge in [0, 0.05) is 12.2 Å². The summed E-state index contributed by atoms with van der Waals surface area (Å²) in [5, 5.41) is 2.78. The Bertz CT molecular complexity index is 1010. The third-order valence-corrected chi connectivity index (χ3v) is 4.73. The van der Waals surface area contributed by atoms with Gasteiger partial charge in [0.15, 0.2) is 0 Å². The Labute approximate surface area is 167 Å². The second-order valence-electron chi connectivity index (χ2n) is 7.03. The highest BCUT2D eigenvalue weighted by Gasteiger charge is 2.39. The molecule has 1 N–H and O–H groups in total. The summed E-state index contributed by atoms with van der Waals surface area (Å²) in [5.41, 5.74) is 1.83. The average Bonchev–Trinajstić information content (AvgIpc) is 2.86. The number of amides is 2. The fourth-order valence-corrected chi connectivity index (χ4v) is 3.38. The van der Waals surface area contributed by atoms with Crippen molar-refractivity contribution in [3.8, 4) is 0 Å². The van der Waals surface area contributed by atoms with Crippen LogP contribution in [0.3, 0.4) is 0 Å². The second kappa shape index (κ2) is 7.73. The van der Waals surface area contributed by atoms with Crippen molar-refractivity contribution in [1.29, 1.82) is 0 Å². The van der Waals surface area contributed by atoms with Crippen LogP contribution < -0.4 is 5.32 Å². The van der Waals surface area contributed by atoms with Gasteiger partial charge in [-0.15, -0.1) is 0 Å². The molecule has 0 atom stereocenters. The molecule has 4 nitrogen and oxygen atoms in total. The second-order valence-corrected chi connectivity index (χ2v) is 7.03. The zero-order valence-corrected chi connectivity index (χ0v) is 16.4. The average molecular weight is 402 g/mol. The zero-order chi connectivity index (χ0) is 21.3. The highest BCUT2D eigenvalue weighted by Crippen LogP contribution is 2.34. The number of rotatable bonds is 5. The van der Waals surface area contributed by atoms with Crippen LogP contribution in [0.15, 0.2) is 48.2 Å². The maximum atomic E-state index is 13.0. The Morgan fingerprint density at radius 1 is 1.00 bits per heavy atom. The largest absolute Gasteiger partial charge is 0.416 e. The topological polar surface area (TPSA) is 49.4 Å². The summed E-state index contributed by atoms with van der Waals surface area (Å²) in [6.45, 7) is 5.82. The smallest absolute Gasteiger partial charge is 0.350 e. The predicted octanol–water partition coefficient (Wildman–Crippen LogP) is 4.92. The summed E-state index contributed by atoms with van der Waals surface area (Å²) in [6, 6.07) is 10.1. The van der Waals surface area contributed by atoms with Gasteiger partial charge in [-0.2, -0.15) is 13.2 Å². The molecule has 0 bridgehead atoms. The number of halogens is 3. The van der Waals surface area contributed by atoms with Crippen molar-refractivity contribution in [2.75, 3.05) is 11.9 Å². The quantitative estimate of drug-likeness (QED) is 0.722. The number of nitrogens with zero attached hydrogens (tertiary/aromatic N) is 1. The minimum Gasteiger partial charge on any atom is -0.350 e. The lowest BCUT2D eigenvalue weighted by Crippen LogP contribution is -2.33. The summed E-state index contributed by atoms with van der Waals surface area (Å²) in [6.07, 6.45) is -3.93. The van der Waals surface area contributed by atoms with Gasteiger partial charge in [0.2, 0.25) is 0 Å². The van der Waals surface area contributed by atoms with E-state index >= 15 is 0 Å². The van der Waals surface area contributed by atoms with E-state index in [4.69, 9.17) is 0 Å². The van der Waals surface area contributed by atoms with Crippen molar-refractivity contribution in [3.05, 3.63) is 70.4 Å². The summed E-state index contributed by atoms with van der Waals surface area (Å²) < 4.78 is 39.1. The minimum absolute atomic E-state index is 0.00488. The van der Waals surface area contributed by atoms with Crippen LogP contribution in [0.25, 0.3) is 5.57 Å². The molecule has 0 fully saturated rings. The van der Waals surface area contributed by atoms with Crippen molar-refractivity contribution in [2.45, 2.75) is 33.4 Å². The van der Waals surface area contributed by atoms with Crippen molar-refractivity contribution in [2.24, 2.45) is 0 Å². The Morgan fingerprint density at radius 2 is 1.72 bits per heavy atom. The number of aryl methyl sites for hydroxylation is 2. The number of anilines is 1. The van der Waals surface area contributed by atoms with Crippen molar-refractivity contribution in [1.82, 2.24) is 4.90 Å². The Hall–Kier alpha value is -3.09. The predicted molar refractivity (Wildman–Crippen MR) is 105 cm³/mol. The fraction of sp³-hybridized carbons (Fsp3) is 0.273. The van der Waals surface area contributed by atoms with Crippen LogP contribution in [0.5, 0.6) is 0 Å². The molecule has 2 amide bonds. The maximum Gasteiger partial charge on any atom is 0.416 e. The highest BCUT2D eigenvalue weighted by atomic mass is 19.4. The van der Waals surface area contributed by atoms with E-state index in [1.165, 1.54) is 12.1 Å². The normalized spacial score (nSPS) is 14.8. The van der Waals surface area contributed by atoms with Crippen LogP contribution in [-0.2, 0) is 15.8 Å². The highest BCUT2D eigenvalue weighted by molar-refractivity contribution is 6.36. The number of carbonyl (C=O) groups is 2. The van der Waals surface area contributed by atoms with Crippen molar-refractivity contribution < 1.29 is 22.8 Å². The summed E-state index contributed by atoms with van der Waals surface area (Å²) in [7, 11) is 0. The SMILES string of the molecule is CCCN1C(=O)C(Nc2cccc(C(F)(F)F)c2)=C(c2ccc(C)cc2C)C1=O. The molecule has 152 valence electrons. The molecule has 0 aliphatic carbocycles. The van der Waals surface area contributed by atoms with Gasteiger partial charge in [0.25, 0.3) is 11.8 Å². The van der Waals surface area contributed by atoms with E-state index in [0.29, 0.717) is 12.0 Å². The number of nitrogens with one attached hydrogen (secondary N) is 1. The third kappa shape index (κ3) is 4.04. The first-order valence-electron chi connectivity index (χ1n) is 9.26. The number of imide groups is 1. The molecule has 0 unspecified atom stereocenters. The van der Waals surface area contributed by atoms with Gasteiger partial charge >= 0.3 is 6.18 Å². The molecule has 7 heteroatoms. The first-order valence-corrected chi connectivity index (χ1v) is 9.26. The van der Waals surface area contributed by atoms with Gasteiger partial charge in [-0.1, -0.05) is 36.8 Å². The summed E-state index contributed by atoms with van der Waals surface area (Å²) in [5.74, 6) is -0.984. The van der Waals surface area contributed by atoms with Gasteiger partial charge in [-0.25, -0.2) is 0 Å².